The Morgan fingerprint density at radius 2 is 2.00 bits per heavy atom. The summed E-state index contributed by atoms with van der Waals surface area (Å²) < 4.78 is 12.0. The summed E-state index contributed by atoms with van der Waals surface area (Å²) in [5.74, 6) is 1.55. The van der Waals surface area contributed by atoms with Crippen molar-refractivity contribution in [1.29, 1.82) is 0 Å². The maximum Gasteiger partial charge on any atom is 0.256 e. The minimum absolute atomic E-state index is 0.265. The van der Waals surface area contributed by atoms with E-state index in [-0.39, 0.29) is 5.91 Å². The molecule has 1 amide bonds. The monoisotopic (exact) mass is 290 g/mol. The van der Waals surface area contributed by atoms with Gasteiger partial charge in [-0.1, -0.05) is 0 Å². The molecule has 2 rings (SSSR count). The summed E-state index contributed by atoms with van der Waals surface area (Å²) in [6.45, 7) is 0.734. The Bertz CT molecular complexity index is 607. The fourth-order valence-electron chi connectivity index (χ4n) is 1.72. The van der Waals surface area contributed by atoms with Crippen molar-refractivity contribution >= 4 is 11.7 Å². The van der Waals surface area contributed by atoms with Gasteiger partial charge in [0.2, 0.25) is 0 Å². The molecule has 0 atom stereocenters. The molecule has 0 bridgehead atoms. The van der Waals surface area contributed by atoms with Crippen molar-refractivity contribution < 1.29 is 14.3 Å². The summed E-state index contributed by atoms with van der Waals surface area (Å²) in [5, 5.41) is 6.64. The van der Waals surface area contributed by atoms with Crippen molar-refractivity contribution in [3.63, 3.8) is 0 Å². The van der Waals surface area contributed by atoms with Gasteiger partial charge in [0.15, 0.2) is 0 Å². The number of rotatable bonds is 6. The number of nitrogens with zero attached hydrogens (tertiary/aromatic N) is 2. The second-order valence-corrected chi connectivity index (χ2v) is 4.35. The highest BCUT2D eigenvalue weighted by Crippen LogP contribution is 2.16. The van der Waals surface area contributed by atoms with E-state index >= 15 is 0 Å². The highest BCUT2D eigenvalue weighted by molar-refractivity contribution is 5.98. The molecule has 21 heavy (non-hydrogen) atoms. The van der Waals surface area contributed by atoms with Gasteiger partial charge < -0.3 is 20.5 Å². The lowest BCUT2D eigenvalue weighted by atomic mass is 10.3. The minimum atomic E-state index is -0.265. The maximum absolute atomic E-state index is 11.9. The van der Waals surface area contributed by atoms with Crippen LogP contribution >= 0.6 is 0 Å². The number of methoxy groups -OCH3 is 1. The Kier molecular flexibility index (Phi) is 4.65. The fraction of sp³-hybridized carbons (Fsp3) is 0.286. The van der Waals surface area contributed by atoms with Gasteiger partial charge in [0.05, 0.1) is 19.9 Å². The van der Waals surface area contributed by atoms with Gasteiger partial charge in [-0.3, -0.25) is 9.48 Å². The Balaban J connectivity index is 1.76. The summed E-state index contributed by atoms with van der Waals surface area (Å²) in [6, 6.07) is 7.23. The molecule has 0 saturated heterocycles. The quantitative estimate of drug-likeness (QED) is 0.769. The molecule has 1 aromatic heterocycles. The number of nitrogens with one attached hydrogen (secondary N) is 1. The van der Waals surface area contributed by atoms with E-state index in [0.717, 1.165) is 5.75 Å². The van der Waals surface area contributed by atoms with Crippen LogP contribution < -0.4 is 20.5 Å². The first-order valence-electron chi connectivity index (χ1n) is 6.44. The molecule has 1 heterocycles. The number of nitrogen functional groups attached to an aromatic ring is 1. The lowest BCUT2D eigenvalue weighted by Gasteiger charge is -2.08. The smallest absolute Gasteiger partial charge is 0.256 e. The number of benzene rings is 1. The molecule has 0 aliphatic heterocycles. The summed E-state index contributed by atoms with van der Waals surface area (Å²) in [4.78, 5) is 11.9. The first-order valence-corrected chi connectivity index (χ1v) is 6.44. The van der Waals surface area contributed by atoms with E-state index in [9.17, 15) is 4.79 Å². The van der Waals surface area contributed by atoms with E-state index < -0.39 is 0 Å². The topological polar surface area (TPSA) is 91.4 Å². The van der Waals surface area contributed by atoms with Gasteiger partial charge in [-0.05, 0) is 24.3 Å². The van der Waals surface area contributed by atoms with Gasteiger partial charge in [-0.25, -0.2) is 0 Å². The van der Waals surface area contributed by atoms with Crippen LogP contribution in [-0.4, -0.2) is 35.9 Å². The predicted molar refractivity (Wildman–Crippen MR) is 78.4 cm³/mol. The average molecular weight is 290 g/mol. The molecule has 0 aliphatic rings. The largest absolute Gasteiger partial charge is 0.497 e. The van der Waals surface area contributed by atoms with Gasteiger partial charge in [0.25, 0.3) is 5.91 Å². The third kappa shape index (κ3) is 3.65. The standard InChI is InChI=1S/C14H18N4O3/c1-18-13(15)12(9-17-18)14(19)16-7-8-21-11-5-3-10(20-2)4-6-11/h3-6,9H,7-8,15H2,1-2H3,(H,16,19). The molecule has 1 aromatic carbocycles. The summed E-state index contributed by atoms with van der Waals surface area (Å²) in [7, 11) is 3.29. The molecule has 0 fully saturated rings. The third-order valence-electron chi connectivity index (χ3n) is 2.95. The summed E-state index contributed by atoms with van der Waals surface area (Å²) in [6.07, 6.45) is 1.44. The fourth-order valence-corrected chi connectivity index (χ4v) is 1.72. The predicted octanol–water partition coefficient (Wildman–Crippen LogP) is 0.820. The Hall–Kier alpha value is -2.70. The van der Waals surface area contributed by atoms with Crippen LogP contribution in [0.15, 0.2) is 30.5 Å². The van der Waals surface area contributed by atoms with Crippen LogP contribution in [0, 0.1) is 0 Å². The molecule has 0 saturated carbocycles. The maximum atomic E-state index is 11.9. The van der Waals surface area contributed by atoms with Gasteiger partial charge in [0, 0.05) is 7.05 Å². The number of carbonyl (C=O) groups excluding carboxylic acids is 1. The van der Waals surface area contributed by atoms with Gasteiger partial charge in [-0.2, -0.15) is 5.10 Å². The number of hydrogen-bond donors (Lipinski definition) is 2. The second-order valence-electron chi connectivity index (χ2n) is 4.35. The van der Waals surface area contributed by atoms with E-state index in [1.54, 1.807) is 26.3 Å². The molecule has 0 radical (unpaired) electrons. The average Bonchev–Trinajstić information content (AvgIpc) is 2.84. The van der Waals surface area contributed by atoms with Crippen LogP contribution in [0.3, 0.4) is 0 Å². The Morgan fingerprint density at radius 3 is 2.57 bits per heavy atom. The van der Waals surface area contributed by atoms with Crippen LogP contribution in [0.25, 0.3) is 0 Å². The molecule has 7 nitrogen and oxygen atoms in total. The van der Waals surface area contributed by atoms with Crippen molar-refractivity contribution in [1.82, 2.24) is 15.1 Å². The first kappa shape index (κ1) is 14.7. The number of hydrogen-bond acceptors (Lipinski definition) is 5. The lowest BCUT2D eigenvalue weighted by Crippen LogP contribution is -2.28. The highest BCUT2D eigenvalue weighted by atomic mass is 16.5. The highest BCUT2D eigenvalue weighted by Gasteiger charge is 2.12. The van der Waals surface area contributed by atoms with Crippen LogP contribution in [0.2, 0.25) is 0 Å². The van der Waals surface area contributed by atoms with Crippen LogP contribution in [0.4, 0.5) is 5.82 Å². The summed E-state index contributed by atoms with van der Waals surface area (Å²) >= 11 is 0. The third-order valence-corrected chi connectivity index (χ3v) is 2.95. The molecule has 2 aromatic rings. The first-order chi connectivity index (χ1) is 10.1. The molecule has 0 spiro atoms. The zero-order chi connectivity index (χ0) is 15.2. The molecular weight excluding hydrogens is 272 g/mol. The van der Waals surface area contributed by atoms with Crippen molar-refractivity contribution in [3.05, 3.63) is 36.0 Å². The molecule has 112 valence electrons. The van der Waals surface area contributed by atoms with Gasteiger partial charge >= 0.3 is 0 Å². The van der Waals surface area contributed by atoms with E-state index in [1.165, 1.54) is 10.9 Å². The zero-order valence-electron chi connectivity index (χ0n) is 12.0. The van der Waals surface area contributed by atoms with E-state index in [0.29, 0.717) is 30.3 Å². The van der Waals surface area contributed by atoms with Gasteiger partial charge in [0.1, 0.15) is 29.5 Å². The van der Waals surface area contributed by atoms with Crippen molar-refractivity contribution in [2.24, 2.45) is 7.05 Å². The number of nitrogens with two attached hydrogens (primary N) is 1. The van der Waals surface area contributed by atoms with Crippen LogP contribution in [0.1, 0.15) is 10.4 Å². The number of amides is 1. The molecule has 0 unspecified atom stereocenters. The molecule has 3 N–H and O–H groups in total. The lowest BCUT2D eigenvalue weighted by molar-refractivity contribution is 0.0948. The van der Waals surface area contributed by atoms with Crippen molar-refractivity contribution in [2.45, 2.75) is 0 Å². The molecule has 0 aliphatic carbocycles. The number of aromatic nitrogens is 2. The molecular formula is C14H18N4O3. The summed E-state index contributed by atoms with van der Waals surface area (Å²) in [5.41, 5.74) is 6.09. The second kappa shape index (κ2) is 6.65. The van der Waals surface area contributed by atoms with E-state index in [2.05, 4.69) is 10.4 Å². The number of ether oxygens (including phenoxy) is 2. The van der Waals surface area contributed by atoms with E-state index in [4.69, 9.17) is 15.2 Å². The van der Waals surface area contributed by atoms with E-state index in [1.807, 2.05) is 12.1 Å². The van der Waals surface area contributed by atoms with Crippen molar-refractivity contribution in [3.8, 4) is 11.5 Å². The van der Waals surface area contributed by atoms with Gasteiger partial charge in [-0.15, -0.1) is 0 Å². The Labute approximate surface area is 122 Å². The molecule has 7 heteroatoms. The number of anilines is 1. The Morgan fingerprint density at radius 1 is 1.33 bits per heavy atom. The normalized spacial score (nSPS) is 10.2. The van der Waals surface area contributed by atoms with Crippen LogP contribution in [0.5, 0.6) is 11.5 Å². The SMILES string of the molecule is COc1ccc(OCCNC(=O)c2cnn(C)c2N)cc1. The zero-order valence-corrected chi connectivity index (χ0v) is 12.0. The van der Waals surface area contributed by atoms with Crippen LogP contribution in [-0.2, 0) is 7.05 Å². The number of aryl methyl sites for hydroxylation is 1. The number of carbonyl (C=O) groups is 1. The minimum Gasteiger partial charge on any atom is -0.497 e. The van der Waals surface area contributed by atoms with Crippen molar-refractivity contribution in [2.75, 3.05) is 26.0 Å².